The van der Waals surface area contributed by atoms with Gasteiger partial charge in [-0.1, -0.05) is 0 Å². The third kappa shape index (κ3) is 6.35. The highest BCUT2D eigenvalue weighted by Gasteiger charge is 2.30. The van der Waals surface area contributed by atoms with E-state index < -0.39 is 5.97 Å². The minimum absolute atomic E-state index is 0.222. The summed E-state index contributed by atoms with van der Waals surface area (Å²) in [7, 11) is 1.68. The highest BCUT2D eigenvalue weighted by molar-refractivity contribution is 5.83. The molecule has 6 nitrogen and oxygen atoms in total. The number of benzene rings is 1. The van der Waals surface area contributed by atoms with Crippen LogP contribution in [-0.4, -0.2) is 47.7 Å². The number of hydrogen-bond acceptors (Lipinski definition) is 5. The van der Waals surface area contributed by atoms with Crippen molar-refractivity contribution in [3.63, 3.8) is 0 Å². The van der Waals surface area contributed by atoms with E-state index in [2.05, 4.69) is 22.0 Å². The first-order valence-corrected chi connectivity index (χ1v) is 12.0. The van der Waals surface area contributed by atoms with E-state index in [0.717, 1.165) is 74.8 Å². The zero-order valence-electron chi connectivity index (χ0n) is 19.4. The first-order chi connectivity index (χ1) is 16.1. The first kappa shape index (κ1) is 23.3. The number of methoxy groups -OCH3 is 1. The lowest BCUT2D eigenvalue weighted by atomic mass is 9.79. The molecule has 2 aromatic heterocycles. The Balaban J connectivity index is 1.31. The predicted molar refractivity (Wildman–Crippen MR) is 129 cm³/mol. The Morgan fingerprint density at radius 3 is 2.91 bits per heavy atom. The summed E-state index contributed by atoms with van der Waals surface area (Å²) in [6.45, 7) is 2.96. The quantitative estimate of drug-likeness (QED) is 0.432. The number of aliphatic carboxylic acids is 1. The van der Waals surface area contributed by atoms with Gasteiger partial charge in [0.25, 0.3) is 0 Å². The summed E-state index contributed by atoms with van der Waals surface area (Å²) in [6.07, 6.45) is 11.9. The number of rotatable bonds is 11. The van der Waals surface area contributed by atoms with E-state index in [1.54, 1.807) is 13.4 Å². The summed E-state index contributed by atoms with van der Waals surface area (Å²) < 4.78 is 10.5. The van der Waals surface area contributed by atoms with Gasteiger partial charge in [-0.05, 0) is 105 Å². The first-order valence-electron chi connectivity index (χ1n) is 12.0. The summed E-state index contributed by atoms with van der Waals surface area (Å²) in [6, 6.07) is 10.1. The Kier molecular flexibility index (Phi) is 8.00. The van der Waals surface area contributed by atoms with Crippen molar-refractivity contribution in [2.75, 3.05) is 26.7 Å². The average Bonchev–Trinajstić information content (AvgIpc) is 3.33. The molecule has 0 saturated carbocycles. The second-order valence-electron chi connectivity index (χ2n) is 9.19. The molecule has 33 heavy (non-hydrogen) atoms. The van der Waals surface area contributed by atoms with Crippen LogP contribution in [0.5, 0.6) is 5.75 Å². The van der Waals surface area contributed by atoms with E-state index >= 15 is 0 Å². The second kappa shape index (κ2) is 11.3. The second-order valence-corrected chi connectivity index (χ2v) is 9.19. The van der Waals surface area contributed by atoms with Crippen LogP contribution in [0.25, 0.3) is 10.9 Å². The van der Waals surface area contributed by atoms with E-state index in [9.17, 15) is 9.90 Å². The van der Waals surface area contributed by atoms with Crippen LogP contribution in [0.15, 0.2) is 53.5 Å². The molecule has 1 aromatic carbocycles. The van der Waals surface area contributed by atoms with Gasteiger partial charge in [-0.15, -0.1) is 0 Å². The van der Waals surface area contributed by atoms with Crippen LogP contribution in [0.4, 0.5) is 0 Å². The number of furan rings is 1. The molecule has 1 aliphatic heterocycles. The molecule has 0 aliphatic carbocycles. The minimum atomic E-state index is -0.683. The van der Waals surface area contributed by atoms with Crippen LogP contribution in [0.3, 0.4) is 0 Å². The fourth-order valence-electron chi connectivity index (χ4n) is 5.22. The molecule has 0 radical (unpaired) electrons. The molecule has 0 amide bonds. The lowest BCUT2D eigenvalue weighted by molar-refractivity contribution is -0.139. The van der Waals surface area contributed by atoms with Gasteiger partial charge in [0.2, 0.25) is 0 Å². The maximum absolute atomic E-state index is 11.5. The van der Waals surface area contributed by atoms with E-state index in [0.29, 0.717) is 5.92 Å². The van der Waals surface area contributed by atoms with Gasteiger partial charge >= 0.3 is 5.97 Å². The molecule has 0 bridgehead atoms. The van der Waals surface area contributed by atoms with Gasteiger partial charge in [0.15, 0.2) is 0 Å². The van der Waals surface area contributed by atoms with Gasteiger partial charge in [0.1, 0.15) is 5.75 Å². The highest BCUT2D eigenvalue weighted by Crippen LogP contribution is 2.32. The van der Waals surface area contributed by atoms with Gasteiger partial charge in [0, 0.05) is 24.5 Å². The molecule has 4 rings (SSSR count). The summed E-state index contributed by atoms with van der Waals surface area (Å²) in [5.41, 5.74) is 3.50. The van der Waals surface area contributed by atoms with Gasteiger partial charge in [-0.25, -0.2) is 0 Å². The number of nitrogens with zero attached hydrogens (tertiary/aromatic N) is 2. The van der Waals surface area contributed by atoms with Crippen LogP contribution in [0.1, 0.15) is 43.2 Å². The van der Waals surface area contributed by atoms with Crippen molar-refractivity contribution in [1.82, 2.24) is 9.88 Å². The number of hydrogen-bond donors (Lipinski definition) is 1. The van der Waals surface area contributed by atoms with Crippen molar-refractivity contribution < 1.29 is 19.1 Å². The van der Waals surface area contributed by atoms with Gasteiger partial charge in [0.05, 0.1) is 25.2 Å². The molecule has 1 saturated heterocycles. The van der Waals surface area contributed by atoms with Crippen molar-refractivity contribution in [3.05, 3.63) is 60.2 Å². The number of pyridine rings is 1. The molecule has 3 aromatic rings. The Labute approximate surface area is 195 Å². The Bertz CT molecular complexity index is 1030. The van der Waals surface area contributed by atoms with E-state index in [-0.39, 0.29) is 12.3 Å². The molecule has 0 spiro atoms. The van der Waals surface area contributed by atoms with E-state index in [1.165, 1.54) is 11.1 Å². The number of aryl methyl sites for hydroxylation is 2. The van der Waals surface area contributed by atoms with Crippen molar-refractivity contribution in [1.29, 1.82) is 0 Å². The largest absolute Gasteiger partial charge is 0.497 e. The topological polar surface area (TPSA) is 75.8 Å². The van der Waals surface area contributed by atoms with Crippen LogP contribution in [0.2, 0.25) is 0 Å². The summed E-state index contributed by atoms with van der Waals surface area (Å²) in [5.74, 6) is 0.851. The predicted octanol–water partition coefficient (Wildman–Crippen LogP) is 5.20. The maximum Gasteiger partial charge on any atom is 0.303 e. The summed E-state index contributed by atoms with van der Waals surface area (Å²) in [4.78, 5) is 18.5. The van der Waals surface area contributed by atoms with Crippen molar-refractivity contribution >= 4 is 16.9 Å². The minimum Gasteiger partial charge on any atom is -0.497 e. The normalized spacial score (nSPS) is 19.1. The molecule has 176 valence electrons. The number of fused-ring (bicyclic) bond motifs is 1. The average molecular weight is 451 g/mol. The Morgan fingerprint density at radius 2 is 2.12 bits per heavy atom. The van der Waals surface area contributed by atoms with Crippen LogP contribution in [-0.2, 0) is 17.6 Å². The smallest absolute Gasteiger partial charge is 0.303 e. The number of likely N-dealkylation sites (tertiary alicyclic amines) is 1. The fraction of sp³-hybridized carbons (Fsp3) is 0.481. The zero-order chi connectivity index (χ0) is 23.0. The van der Waals surface area contributed by atoms with Crippen LogP contribution in [0, 0.1) is 11.8 Å². The van der Waals surface area contributed by atoms with Gasteiger partial charge in [-0.3, -0.25) is 9.78 Å². The molecule has 6 heteroatoms. The third-order valence-electron chi connectivity index (χ3n) is 6.99. The number of piperidine rings is 1. The Morgan fingerprint density at radius 1 is 1.21 bits per heavy atom. The van der Waals surface area contributed by atoms with Gasteiger partial charge in [-0.2, -0.15) is 0 Å². The van der Waals surface area contributed by atoms with Crippen molar-refractivity contribution in [3.8, 4) is 5.75 Å². The van der Waals surface area contributed by atoms with Gasteiger partial charge < -0.3 is 19.2 Å². The number of ether oxygens (including phenoxy) is 1. The highest BCUT2D eigenvalue weighted by atomic mass is 16.5. The molecule has 1 N–H and O–H groups in total. The number of carboxylic acids is 1. The number of carboxylic acid groups (broad SMARTS) is 1. The Hall–Kier alpha value is -2.86. The third-order valence-corrected chi connectivity index (χ3v) is 6.99. The maximum atomic E-state index is 11.5. The number of carbonyl (C=O) groups is 1. The van der Waals surface area contributed by atoms with Crippen LogP contribution >= 0.6 is 0 Å². The molecule has 3 heterocycles. The summed E-state index contributed by atoms with van der Waals surface area (Å²) >= 11 is 0. The molecular weight excluding hydrogens is 416 g/mol. The fourth-order valence-corrected chi connectivity index (χ4v) is 5.22. The monoisotopic (exact) mass is 450 g/mol. The van der Waals surface area contributed by atoms with Crippen molar-refractivity contribution in [2.24, 2.45) is 11.8 Å². The van der Waals surface area contributed by atoms with Crippen LogP contribution < -0.4 is 4.74 Å². The summed E-state index contributed by atoms with van der Waals surface area (Å²) in [5, 5.41) is 10.6. The van der Waals surface area contributed by atoms with Crippen molar-refractivity contribution in [2.45, 2.75) is 44.9 Å². The van der Waals surface area contributed by atoms with E-state index in [1.807, 2.05) is 30.7 Å². The molecule has 2 atom stereocenters. The molecular formula is C27H34N2O4. The standard InChI is InChI=1S/C27H34N2O4/c1-32-24-7-8-26-25(17-24)22(9-12-28-26)6-2-5-21-10-14-29(18-23(21)16-27(30)31)13-3-4-20-11-15-33-19-20/h7-9,11-12,15,17,19,21,23H,2-6,10,13-14,16,18H2,1H3,(H,30,31). The SMILES string of the molecule is COc1ccc2nccc(CCCC3CCN(CCCc4ccoc4)CC3CC(=O)O)c2c1. The lowest BCUT2D eigenvalue weighted by Gasteiger charge is -2.38. The molecule has 1 aliphatic rings. The zero-order valence-corrected chi connectivity index (χ0v) is 19.4. The number of aromatic nitrogens is 1. The van der Waals surface area contributed by atoms with E-state index in [4.69, 9.17) is 9.15 Å². The molecule has 2 unspecified atom stereocenters. The molecule has 1 fully saturated rings. The lowest BCUT2D eigenvalue weighted by Crippen LogP contribution is -2.41.